The summed E-state index contributed by atoms with van der Waals surface area (Å²) in [5.41, 5.74) is 4.87. The van der Waals surface area contributed by atoms with Gasteiger partial charge in [0.15, 0.2) is 0 Å². The number of nitrogens with zero attached hydrogens (tertiary/aromatic N) is 1. The Balaban J connectivity index is 2.46. The normalized spacial score (nSPS) is 10.2. The van der Waals surface area contributed by atoms with Crippen LogP contribution in [-0.2, 0) is 0 Å². The van der Waals surface area contributed by atoms with Gasteiger partial charge in [-0.05, 0) is 24.3 Å². The van der Waals surface area contributed by atoms with Crippen molar-refractivity contribution in [3.8, 4) is 11.5 Å². The number of rotatable bonds is 4. The summed E-state index contributed by atoms with van der Waals surface area (Å²) in [6, 6.07) is 8.51. The first kappa shape index (κ1) is 15.3. The quantitative estimate of drug-likeness (QED) is 0.651. The summed E-state index contributed by atoms with van der Waals surface area (Å²) in [7, 11) is 0. The minimum Gasteiger partial charge on any atom is -0.455 e. The van der Waals surface area contributed by atoms with Crippen LogP contribution in [0.1, 0.15) is 10.4 Å². The van der Waals surface area contributed by atoms with Crippen molar-refractivity contribution < 1.29 is 14.5 Å². The maximum absolute atomic E-state index is 11.4. The monoisotopic (exact) mass is 370 g/mol. The third-order valence-corrected chi connectivity index (χ3v) is 3.36. The van der Waals surface area contributed by atoms with E-state index in [0.29, 0.717) is 10.8 Å². The molecule has 2 aromatic rings. The summed E-state index contributed by atoms with van der Waals surface area (Å²) in [5.74, 6) is -0.449. The van der Waals surface area contributed by atoms with Gasteiger partial charge in [0, 0.05) is 16.6 Å². The topological polar surface area (TPSA) is 95.5 Å². The molecule has 0 heterocycles. The lowest BCUT2D eigenvalue weighted by atomic mass is 10.1. The number of carbonyl (C=O) groups is 1. The molecule has 0 aliphatic rings. The molecule has 2 aromatic carbocycles. The summed E-state index contributed by atoms with van der Waals surface area (Å²) in [6.07, 6.45) is 0. The van der Waals surface area contributed by atoms with E-state index in [0.717, 1.165) is 10.5 Å². The average molecular weight is 372 g/mol. The fourth-order valence-corrected chi connectivity index (χ4v) is 2.08. The maximum atomic E-state index is 11.4. The Morgan fingerprint density at radius 1 is 1.24 bits per heavy atom. The van der Waals surface area contributed by atoms with Crippen molar-refractivity contribution >= 4 is 39.1 Å². The largest absolute Gasteiger partial charge is 0.455 e. The van der Waals surface area contributed by atoms with Gasteiger partial charge >= 0.3 is 0 Å². The molecule has 2 rings (SSSR count). The Morgan fingerprint density at radius 2 is 1.95 bits per heavy atom. The van der Waals surface area contributed by atoms with Crippen LogP contribution in [0.15, 0.2) is 40.9 Å². The zero-order chi connectivity index (χ0) is 15.6. The van der Waals surface area contributed by atoms with Gasteiger partial charge in [-0.2, -0.15) is 0 Å². The van der Waals surface area contributed by atoms with Crippen LogP contribution >= 0.6 is 27.5 Å². The third-order valence-electron chi connectivity index (χ3n) is 2.55. The van der Waals surface area contributed by atoms with E-state index in [9.17, 15) is 14.9 Å². The first-order valence-electron chi connectivity index (χ1n) is 5.59. The lowest BCUT2D eigenvalue weighted by Gasteiger charge is -2.10. The summed E-state index contributed by atoms with van der Waals surface area (Å²) in [6.45, 7) is 0. The number of benzene rings is 2. The van der Waals surface area contributed by atoms with E-state index in [1.807, 2.05) is 0 Å². The molecule has 0 atom stereocenters. The minimum absolute atomic E-state index is 0.0908. The van der Waals surface area contributed by atoms with E-state index in [2.05, 4.69) is 15.9 Å². The molecule has 0 fully saturated rings. The molecule has 6 nitrogen and oxygen atoms in total. The van der Waals surface area contributed by atoms with Crippen LogP contribution in [0.2, 0.25) is 5.02 Å². The van der Waals surface area contributed by atoms with E-state index in [-0.39, 0.29) is 17.0 Å². The Kier molecular flexibility index (Phi) is 4.44. The number of nitro groups is 1. The summed E-state index contributed by atoms with van der Waals surface area (Å²) in [5, 5.41) is 11.1. The molecule has 0 bridgehead atoms. The predicted molar refractivity (Wildman–Crippen MR) is 80.8 cm³/mol. The Labute approximate surface area is 132 Å². The molecule has 0 aliphatic heterocycles. The number of halogens is 2. The maximum Gasteiger partial charge on any atom is 0.270 e. The third kappa shape index (κ3) is 3.50. The fourth-order valence-electron chi connectivity index (χ4n) is 1.59. The Morgan fingerprint density at radius 3 is 2.57 bits per heavy atom. The smallest absolute Gasteiger partial charge is 0.270 e. The number of non-ortho nitro benzene ring substituents is 1. The number of nitro benzene ring substituents is 1. The first-order chi connectivity index (χ1) is 9.88. The van der Waals surface area contributed by atoms with Gasteiger partial charge in [-0.3, -0.25) is 14.9 Å². The second kappa shape index (κ2) is 6.11. The van der Waals surface area contributed by atoms with Gasteiger partial charge in [-0.1, -0.05) is 27.5 Å². The predicted octanol–water partition coefficient (Wildman–Crippen LogP) is 3.90. The van der Waals surface area contributed by atoms with Crippen LogP contribution < -0.4 is 10.5 Å². The lowest BCUT2D eigenvalue weighted by Crippen LogP contribution is -2.12. The molecule has 8 heteroatoms. The molecular weight excluding hydrogens is 364 g/mol. The second-order valence-corrected chi connectivity index (χ2v) is 5.30. The van der Waals surface area contributed by atoms with Gasteiger partial charge in [0.05, 0.1) is 15.5 Å². The van der Waals surface area contributed by atoms with Crippen molar-refractivity contribution in [2.75, 3.05) is 0 Å². The molecule has 0 unspecified atom stereocenters. The Hall–Kier alpha value is -2.12. The van der Waals surface area contributed by atoms with Crippen LogP contribution in [0, 0.1) is 10.1 Å². The Bertz CT molecular complexity index is 736. The standard InChI is InChI=1S/C13H8BrClN2O4/c14-7-1-3-10(15)12(5-7)21-11-4-2-8(17(19)20)6-9(11)13(16)18/h1-6H,(H2,16,18). The molecule has 1 amide bonds. The number of nitrogens with two attached hydrogens (primary N) is 1. The molecule has 21 heavy (non-hydrogen) atoms. The summed E-state index contributed by atoms with van der Waals surface area (Å²) in [4.78, 5) is 21.5. The average Bonchev–Trinajstić information content (AvgIpc) is 2.42. The van der Waals surface area contributed by atoms with Crippen molar-refractivity contribution in [2.45, 2.75) is 0 Å². The van der Waals surface area contributed by atoms with E-state index in [1.165, 1.54) is 12.1 Å². The van der Waals surface area contributed by atoms with E-state index >= 15 is 0 Å². The lowest BCUT2D eigenvalue weighted by molar-refractivity contribution is -0.384. The van der Waals surface area contributed by atoms with E-state index in [4.69, 9.17) is 22.1 Å². The molecule has 108 valence electrons. The number of primary amides is 1. The van der Waals surface area contributed by atoms with E-state index in [1.54, 1.807) is 18.2 Å². The molecule has 0 aliphatic carbocycles. The van der Waals surface area contributed by atoms with Crippen molar-refractivity contribution in [3.63, 3.8) is 0 Å². The zero-order valence-electron chi connectivity index (χ0n) is 10.4. The molecule has 0 radical (unpaired) electrons. The molecule has 0 aromatic heterocycles. The SMILES string of the molecule is NC(=O)c1cc([N+](=O)[O-])ccc1Oc1cc(Br)ccc1Cl. The van der Waals surface area contributed by atoms with Crippen LogP contribution in [0.4, 0.5) is 5.69 Å². The van der Waals surface area contributed by atoms with Crippen LogP contribution in [0.25, 0.3) is 0 Å². The second-order valence-electron chi connectivity index (χ2n) is 3.98. The molecular formula is C13H8BrClN2O4. The van der Waals surface area contributed by atoms with Gasteiger partial charge < -0.3 is 10.5 Å². The van der Waals surface area contributed by atoms with Gasteiger partial charge in [0.25, 0.3) is 11.6 Å². The first-order valence-corrected chi connectivity index (χ1v) is 6.76. The number of amides is 1. The van der Waals surface area contributed by atoms with Crippen molar-refractivity contribution in [1.29, 1.82) is 0 Å². The highest BCUT2D eigenvalue weighted by molar-refractivity contribution is 9.10. The summed E-state index contributed by atoms with van der Waals surface area (Å²) < 4.78 is 6.26. The molecule has 2 N–H and O–H groups in total. The minimum atomic E-state index is -0.834. The molecule has 0 spiro atoms. The number of hydrogen-bond acceptors (Lipinski definition) is 4. The van der Waals surface area contributed by atoms with Crippen LogP contribution in [0.3, 0.4) is 0 Å². The van der Waals surface area contributed by atoms with Gasteiger partial charge in [0.1, 0.15) is 11.5 Å². The molecule has 0 saturated heterocycles. The van der Waals surface area contributed by atoms with Crippen molar-refractivity contribution in [1.82, 2.24) is 0 Å². The van der Waals surface area contributed by atoms with Crippen LogP contribution in [-0.4, -0.2) is 10.8 Å². The number of hydrogen-bond donors (Lipinski definition) is 1. The van der Waals surface area contributed by atoms with Crippen molar-refractivity contribution in [3.05, 3.63) is 61.6 Å². The highest BCUT2D eigenvalue weighted by atomic mass is 79.9. The van der Waals surface area contributed by atoms with Crippen molar-refractivity contribution in [2.24, 2.45) is 5.73 Å². The highest BCUT2D eigenvalue weighted by Gasteiger charge is 2.17. The fraction of sp³-hybridized carbons (Fsp3) is 0. The van der Waals surface area contributed by atoms with Gasteiger partial charge in [-0.15, -0.1) is 0 Å². The zero-order valence-corrected chi connectivity index (χ0v) is 12.7. The number of carbonyl (C=O) groups excluding carboxylic acids is 1. The highest BCUT2D eigenvalue weighted by Crippen LogP contribution is 2.34. The molecule has 0 saturated carbocycles. The summed E-state index contributed by atoms with van der Waals surface area (Å²) >= 11 is 9.26. The van der Waals surface area contributed by atoms with E-state index < -0.39 is 10.8 Å². The van der Waals surface area contributed by atoms with Gasteiger partial charge in [-0.25, -0.2) is 0 Å². The number of ether oxygens (including phenoxy) is 1. The van der Waals surface area contributed by atoms with Gasteiger partial charge in [0.2, 0.25) is 0 Å². The van der Waals surface area contributed by atoms with Crippen LogP contribution in [0.5, 0.6) is 11.5 Å².